The van der Waals surface area contributed by atoms with E-state index in [1.54, 1.807) is 12.1 Å². The van der Waals surface area contributed by atoms with E-state index < -0.39 is 5.41 Å². The van der Waals surface area contributed by atoms with E-state index in [1.807, 2.05) is 32.0 Å². The molecule has 0 heterocycles. The highest BCUT2D eigenvalue weighted by Crippen LogP contribution is 2.34. The van der Waals surface area contributed by atoms with E-state index in [0.717, 1.165) is 16.3 Å². The first-order valence-corrected chi connectivity index (χ1v) is 5.85. The second kappa shape index (κ2) is 4.21. The first-order chi connectivity index (χ1) is 7.94. The topological polar surface area (TPSA) is 40.5 Å². The Morgan fingerprint density at radius 2 is 1.82 bits per heavy atom. The highest BCUT2D eigenvalue weighted by molar-refractivity contribution is 6.31. The molecule has 0 saturated carbocycles. The van der Waals surface area contributed by atoms with Gasteiger partial charge in [-0.25, -0.2) is 0 Å². The van der Waals surface area contributed by atoms with Gasteiger partial charge in [0.1, 0.15) is 5.75 Å². The minimum Gasteiger partial charge on any atom is -0.508 e. The molecule has 0 aliphatic heterocycles. The first kappa shape index (κ1) is 12.2. The molecule has 0 atom stereocenters. The summed E-state index contributed by atoms with van der Waals surface area (Å²) >= 11 is 5.95. The average molecular weight is 251 g/mol. The smallest absolute Gasteiger partial charge is 0.120 e. The number of phenolic OH excluding ortho intramolecular Hbond substituents is 1. The van der Waals surface area contributed by atoms with Crippen LogP contribution >= 0.6 is 11.6 Å². The molecule has 2 aromatic carbocycles. The predicted molar refractivity (Wildman–Crippen MR) is 70.7 cm³/mol. The summed E-state index contributed by atoms with van der Waals surface area (Å²) in [5.41, 5.74) is 0.260. The summed E-state index contributed by atoms with van der Waals surface area (Å²) in [4.78, 5) is 0. The van der Waals surface area contributed by atoms with E-state index in [4.69, 9.17) is 11.6 Å². The molecule has 3 heteroatoms. The summed E-state index contributed by atoms with van der Waals surface area (Å²) in [6, 6.07) is 9.10. The van der Waals surface area contributed by atoms with Crippen LogP contribution in [0.2, 0.25) is 5.02 Å². The van der Waals surface area contributed by atoms with Crippen LogP contribution in [0.4, 0.5) is 0 Å². The summed E-state index contributed by atoms with van der Waals surface area (Å²) in [6.07, 6.45) is 0. The Morgan fingerprint density at radius 1 is 1.12 bits per heavy atom. The van der Waals surface area contributed by atoms with Crippen LogP contribution < -0.4 is 0 Å². The predicted octanol–water partition coefficient (Wildman–Crippen LogP) is 3.47. The number of aliphatic hydroxyl groups is 1. The molecule has 0 aromatic heterocycles. The van der Waals surface area contributed by atoms with Gasteiger partial charge in [0.15, 0.2) is 0 Å². The molecule has 0 aliphatic carbocycles. The van der Waals surface area contributed by atoms with Gasteiger partial charge in [-0.1, -0.05) is 31.5 Å². The molecule has 0 bridgehead atoms. The lowest BCUT2D eigenvalue weighted by Gasteiger charge is -2.23. The zero-order chi connectivity index (χ0) is 12.6. The van der Waals surface area contributed by atoms with Crippen LogP contribution in [0.1, 0.15) is 19.4 Å². The third kappa shape index (κ3) is 2.24. The van der Waals surface area contributed by atoms with Gasteiger partial charge in [-0.15, -0.1) is 0 Å². The van der Waals surface area contributed by atoms with Crippen molar-refractivity contribution in [3.8, 4) is 5.75 Å². The zero-order valence-corrected chi connectivity index (χ0v) is 10.6. The maximum Gasteiger partial charge on any atom is 0.120 e. The number of aliphatic hydroxyl groups excluding tert-OH is 1. The largest absolute Gasteiger partial charge is 0.508 e. The molecule has 0 unspecified atom stereocenters. The molecule has 2 rings (SSSR count). The zero-order valence-electron chi connectivity index (χ0n) is 9.87. The molecule has 0 saturated heterocycles. The Bertz CT molecular complexity index is 561. The third-order valence-corrected chi connectivity index (χ3v) is 3.28. The highest BCUT2D eigenvalue weighted by atomic mass is 35.5. The molecule has 0 spiro atoms. The standard InChI is InChI=1S/C14H15ClO2/c1-14(2,8-16)12-6-10-5-11(15)4-3-9(10)7-13(12)17/h3-7,16-17H,8H2,1-2H3. The number of halogens is 1. The Morgan fingerprint density at radius 3 is 2.47 bits per heavy atom. The van der Waals surface area contributed by atoms with Crippen LogP contribution in [0.15, 0.2) is 30.3 Å². The fraction of sp³-hybridized carbons (Fsp3) is 0.286. The first-order valence-electron chi connectivity index (χ1n) is 5.48. The van der Waals surface area contributed by atoms with Gasteiger partial charge in [-0.05, 0) is 35.0 Å². The maximum absolute atomic E-state index is 10.0. The van der Waals surface area contributed by atoms with Crippen LogP contribution in [0.25, 0.3) is 10.8 Å². The Hall–Kier alpha value is -1.25. The Labute approximate surface area is 105 Å². The lowest BCUT2D eigenvalue weighted by atomic mass is 9.84. The molecule has 0 radical (unpaired) electrons. The van der Waals surface area contributed by atoms with Crippen molar-refractivity contribution < 1.29 is 10.2 Å². The monoisotopic (exact) mass is 250 g/mol. The van der Waals surface area contributed by atoms with Gasteiger partial charge in [0.2, 0.25) is 0 Å². The molecule has 2 aromatic rings. The number of rotatable bonds is 2. The number of benzene rings is 2. The SMILES string of the molecule is CC(C)(CO)c1cc2cc(Cl)ccc2cc1O. The minimum absolute atomic E-state index is 0.0212. The van der Waals surface area contributed by atoms with Crippen molar-refractivity contribution in [3.05, 3.63) is 40.9 Å². The number of hydrogen-bond acceptors (Lipinski definition) is 2. The van der Waals surface area contributed by atoms with E-state index in [2.05, 4.69) is 0 Å². The van der Waals surface area contributed by atoms with Crippen molar-refractivity contribution in [1.29, 1.82) is 0 Å². The molecular formula is C14H15ClO2. The summed E-state index contributed by atoms with van der Waals surface area (Å²) < 4.78 is 0. The van der Waals surface area contributed by atoms with Crippen molar-refractivity contribution in [1.82, 2.24) is 0 Å². The Kier molecular flexibility index (Phi) is 3.02. The second-order valence-electron chi connectivity index (χ2n) is 4.90. The van der Waals surface area contributed by atoms with Crippen molar-refractivity contribution in [3.63, 3.8) is 0 Å². The van der Waals surface area contributed by atoms with Crippen LogP contribution in [0.3, 0.4) is 0 Å². The highest BCUT2D eigenvalue weighted by Gasteiger charge is 2.23. The molecule has 17 heavy (non-hydrogen) atoms. The van der Waals surface area contributed by atoms with E-state index in [-0.39, 0.29) is 12.4 Å². The van der Waals surface area contributed by atoms with Gasteiger partial charge in [0.05, 0.1) is 6.61 Å². The molecule has 90 valence electrons. The minimum atomic E-state index is -0.472. The number of aromatic hydroxyl groups is 1. The molecule has 0 fully saturated rings. The van der Waals surface area contributed by atoms with Crippen molar-refractivity contribution >= 4 is 22.4 Å². The van der Waals surface area contributed by atoms with E-state index >= 15 is 0 Å². The van der Waals surface area contributed by atoms with Crippen LogP contribution in [-0.2, 0) is 5.41 Å². The van der Waals surface area contributed by atoms with Crippen LogP contribution in [-0.4, -0.2) is 16.8 Å². The summed E-state index contributed by atoms with van der Waals surface area (Å²) in [6.45, 7) is 3.75. The second-order valence-corrected chi connectivity index (χ2v) is 5.34. The molecule has 2 nitrogen and oxygen atoms in total. The number of phenols is 1. The van der Waals surface area contributed by atoms with Crippen LogP contribution in [0, 0.1) is 0 Å². The summed E-state index contributed by atoms with van der Waals surface area (Å²) in [7, 11) is 0. The molecule has 0 aliphatic rings. The van der Waals surface area contributed by atoms with Crippen molar-refractivity contribution in [2.45, 2.75) is 19.3 Å². The number of hydrogen-bond donors (Lipinski definition) is 2. The van der Waals surface area contributed by atoms with E-state index in [1.165, 1.54) is 0 Å². The number of fused-ring (bicyclic) bond motifs is 1. The quantitative estimate of drug-likeness (QED) is 0.857. The summed E-state index contributed by atoms with van der Waals surface area (Å²) in [5, 5.41) is 21.9. The van der Waals surface area contributed by atoms with E-state index in [0.29, 0.717) is 5.02 Å². The van der Waals surface area contributed by atoms with Gasteiger partial charge in [-0.3, -0.25) is 0 Å². The molecular weight excluding hydrogens is 236 g/mol. The Balaban J connectivity index is 2.69. The molecule has 0 amide bonds. The lowest BCUT2D eigenvalue weighted by Crippen LogP contribution is -2.22. The van der Waals surface area contributed by atoms with Crippen LogP contribution in [0.5, 0.6) is 5.75 Å². The van der Waals surface area contributed by atoms with Gasteiger partial charge in [0, 0.05) is 16.0 Å². The van der Waals surface area contributed by atoms with Gasteiger partial charge in [-0.2, -0.15) is 0 Å². The fourth-order valence-corrected chi connectivity index (χ4v) is 2.06. The maximum atomic E-state index is 10.0. The fourth-order valence-electron chi connectivity index (χ4n) is 1.88. The normalized spacial score (nSPS) is 12.0. The van der Waals surface area contributed by atoms with E-state index in [9.17, 15) is 10.2 Å². The molecule has 2 N–H and O–H groups in total. The van der Waals surface area contributed by atoms with Gasteiger partial charge in [0.25, 0.3) is 0 Å². The third-order valence-electron chi connectivity index (χ3n) is 3.04. The van der Waals surface area contributed by atoms with Crippen molar-refractivity contribution in [2.24, 2.45) is 0 Å². The van der Waals surface area contributed by atoms with Gasteiger partial charge >= 0.3 is 0 Å². The lowest BCUT2D eigenvalue weighted by molar-refractivity contribution is 0.215. The summed E-state index contributed by atoms with van der Waals surface area (Å²) in [5.74, 6) is 0.207. The average Bonchev–Trinajstić information content (AvgIpc) is 2.28. The van der Waals surface area contributed by atoms with Gasteiger partial charge < -0.3 is 10.2 Å². The van der Waals surface area contributed by atoms with Crippen molar-refractivity contribution in [2.75, 3.05) is 6.61 Å².